The summed E-state index contributed by atoms with van der Waals surface area (Å²) in [5.74, 6) is -0.368. The van der Waals surface area contributed by atoms with Crippen LogP contribution in [0, 0.1) is 5.92 Å². The van der Waals surface area contributed by atoms with Gasteiger partial charge in [0.1, 0.15) is 0 Å². The van der Waals surface area contributed by atoms with Crippen LogP contribution in [0.25, 0.3) is 0 Å². The van der Waals surface area contributed by atoms with E-state index in [0.717, 1.165) is 11.4 Å². The Bertz CT molecular complexity index is 766. The SMILES string of the molecule is CN(CCc1ccccn1)C(=O)C1CC(=O)N(c2cccc(Cl)c2)C1. The number of carbonyl (C=O) groups is 2. The van der Waals surface area contributed by atoms with Gasteiger partial charge in [0.25, 0.3) is 0 Å². The lowest BCUT2D eigenvalue weighted by molar-refractivity contribution is -0.134. The van der Waals surface area contributed by atoms with Crippen molar-refractivity contribution < 1.29 is 9.59 Å². The minimum absolute atomic E-state index is 0.00573. The Labute approximate surface area is 152 Å². The zero-order valence-corrected chi connectivity index (χ0v) is 14.8. The summed E-state index contributed by atoms with van der Waals surface area (Å²) in [5, 5.41) is 0.576. The predicted octanol–water partition coefficient (Wildman–Crippen LogP) is 2.79. The number of rotatable bonds is 5. The zero-order chi connectivity index (χ0) is 17.8. The Morgan fingerprint density at radius 3 is 2.88 bits per heavy atom. The summed E-state index contributed by atoms with van der Waals surface area (Å²) < 4.78 is 0. The van der Waals surface area contributed by atoms with Crippen molar-refractivity contribution in [2.75, 3.05) is 25.0 Å². The van der Waals surface area contributed by atoms with Crippen LogP contribution in [0.4, 0.5) is 5.69 Å². The summed E-state index contributed by atoms with van der Waals surface area (Å²) in [5.41, 5.74) is 1.69. The molecular weight excluding hydrogens is 338 g/mol. The van der Waals surface area contributed by atoms with E-state index in [1.54, 1.807) is 41.2 Å². The fourth-order valence-corrected chi connectivity index (χ4v) is 3.20. The van der Waals surface area contributed by atoms with Crippen LogP contribution in [0.3, 0.4) is 0 Å². The molecule has 25 heavy (non-hydrogen) atoms. The molecule has 1 aliphatic heterocycles. The Morgan fingerprint density at radius 2 is 2.16 bits per heavy atom. The molecule has 1 fully saturated rings. The first-order valence-electron chi connectivity index (χ1n) is 8.25. The molecule has 0 N–H and O–H groups in total. The molecule has 2 amide bonds. The molecule has 0 saturated carbocycles. The van der Waals surface area contributed by atoms with Gasteiger partial charge in [-0.2, -0.15) is 0 Å². The minimum atomic E-state index is -0.319. The van der Waals surface area contributed by atoms with Gasteiger partial charge in [-0.3, -0.25) is 14.6 Å². The van der Waals surface area contributed by atoms with Crippen LogP contribution in [0.1, 0.15) is 12.1 Å². The van der Waals surface area contributed by atoms with Crippen LogP contribution in [-0.2, 0) is 16.0 Å². The fourth-order valence-electron chi connectivity index (χ4n) is 3.02. The molecular formula is C19H20ClN3O2. The molecule has 0 spiro atoms. The second-order valence-electron chi connectivity index (χ2n) is 6.22. The van der Waals surface area contributed by atoms with Gasteiger partial charge < -0.3 is 9.80 Å². The maximum Gasteiger partial charge on any atom is 0.227 e. The highest BCUT2D eigenvalue weighted by molar-refractivity contribution is 6.30. The summed E-state index contributed by atoms with van der Waals surface area (Å²) in [6.45, 7) is 0.976. The molecule has 2 heterocycles. The molecule has 0 aliphatic carbocycles. The van der Waals surface area contributed by atoms with E-state index < -0.39 is 0 Å². The van der Waals surface area contributed by atoms with E-state index >= 15 is 0 Å². The smallest absolute Gasteiger partial charge is 0.227 e. The predicted molar refractivity (Wildman–Crippen MR) is 97.5 cm³/mol. The monoisotopic (exact) mass is 357 g/mol. The van der Waals surface area contributed by atoms with E-state index in [4.69, 9.17) is 11.6 Å². The molecule has 1 aromatic heterocycles. The third-order valence-electron chi connectivity index (χ3n) is 4.40. The van der Waals surface area contributed by atoms with Crippen LogP contribution in [0.15, 0.2) is 48.7 Å². The molecule has 1 saturated heterocycles. The normalized spacial score (nSPS) is 17.0. The number of benzene rings is 1. The van der Waals surface area contributed by atoms with Gasteiger partial charge in [-0.1, -0.05) is 23.7 Å². The van der Waals surface area contributed by atoms with Gasteiger partial charge in [0, 0.05) is 55.6 Å². The molecule has 0 radical (unpaired) electrons. The third kappa shape index (κ3) is 4.17. The maximum absolute atomic E-state index is 12.7. The number of amides is 2. The fraction of sp³-hybridized carbons (Fsp3) is 0.316. The van der Waals surface area contributed by atoms with Crippen molar-refractivity contribution >= 4 is 29.1 Å². The number of hydrogen-bond donors (Lipinski definition) is 0. The lowest BCUT2D eigenvalue weighted by atomic mass is 10.1. The zero-order valence-electron chi connectivity index (χ0n) is 14.1. The number of anilines is 1. The highest BCUT2D eigenvalue weighted by Crippen LogP contribution is 2.28. The summed E-state index contributed by atoms with van der Waals surface area (Å²) >= 11 is 6.00. The van der Waals surface area contributed by atoms with Crippen LogP contribution in [-0.4, -0.2) is 41.8 Å². The summed E-state index contributed by atoms with van der Waals surface area (Å²) in [6, 6.07) is 12.9. The molecule has 1 aromatic carbocycles. The van der Waals surface area contributed by atoms with Gasteiger partial charge in [0.05, 0.1) is 5.92 Å². The number of aromatic nitrogens is 1. The molecule has 1 unspecified atom stereocenters. The van der Waals surface area contributed by atoms with Crippen LogP contribution < -0.4 is 4.90 Å². The molecule has 3 rings (SSSR count). The second-order valence-corrected chi connectivity index (χ2v) is 6.65. The first-order valence-corrected chi connectivity index (χ1v) is 8.63. The van der Waals surface area contributed by atoms with E-state index in [0.29, 0.717) is 24.5 Å². The first-order chi connectivity index (χ1) is 12.0. The minimum Gasteiger partial charge on any atom is -0.345 e. The lowest BCUT2D eigenvalue weighted by Crippen LogP contribution is -2.36. The van der Waals surface area contributed by atoms with Gasteiger partial charge in [0.2, 0.25) is 11.8 Å². The van der Waals surface area contributed by atoms with E-state index in [-0.39, 0.29) is 24.2 Å². The lowest BCUT2D eigenvalue weighted by Gasteiger charge is -2.21. The van der Waals surface area contributed by atoms with E-state index in [1.165, 1.54) is 0 Å². The first kappa shape index (κ1) is 17.4. The van der Waals surface area contributed by atoms with Crippen molar-refractivity contribution in [3.8, 4) is 0 Å². The van der Waals surface area contributed by atoms with Gasteiger partial charge in [0.15, 0.2) is 0 Å². The van der Waals surface area contributed by atoms with E-state index in [2.05, 4.69) is 4.98 Å². The largest absolute Gasteiger partial charge is 0.345 e. The molecule has 2 aromatic rings. The Kier molecular flexibility index (Phi) is 5.34. The van der Waals surface area contributed by atoms with Gasteiger partial charge >= 0.3 is 0 Å². The molecule has 5 nitrogen and oxygen atoms in total. The maximum atomic E-state index is 12.7. The number of hydrogen-bond acceptors (Lipinski definition) is 3. The van der Waals surface area contributed by atoms with Crippen molar-refractivity contribution in [1.82, 2.24) is 9.88 Å². The molecule has 0 bridgehead atoms. The van der Waals surface area contributed by atoms with Crippen molar-refractivity contribution in [2.24, 2.45) is 5.92 Å². The van der Waals surface area contributed by atoms with Crippen molar-refractivity contribution in [1.29, 1.82) is 0 Å². The molecule has 130 valence electrons. The van der Waals surface area contributed by atoms with Crippen molar-refractivity contribution in [3.63, 3.8) is 0 Å². The molecule has 1 aliphatic rings. The third-order valence-corrected chi connectivity index (χ3v) is 4.63. The van der Waals surface area contributed by atoms with Gasteiger partial charge in [-0.25, -0.2) is 0 Å². The highest BCUT2D eigenvalue weighted by Gasteiger charge is 2.36. The van der Waals surface area contributed by atoms with E-state index in [9.17, 15) is 9.59 Å². The number of likely N-dealkylation sites (N-methyl/N-ethyl adjacent to an activating group) is 1. The number of carbonyl (C=O) groups excluding carboxylic acids is 2. The van der Waals surface area contributed by atoms with Gasteiger partial charge in [-0.05, 0) is 30.3 Å². The second kappa shape index (κ2) is 7.66. The quantitative estimate of drug-likeness (QED) is 0.826. The van der Waals surface area contributed by atoms with Crippen molar-refractivity contribution in [3.05, 3.63) is 59.4 Å². The Balaban J connectivity index is 1.60. The number of halogens is 1. The number of nitrogens with zero attached hydrogens (tertiary/aromatic N) is 3. The molecule has 1 atom stereocenters. The van der Waals surface area contributed by atoms with Crippen LogP contribution in [0.5, 0.6) is 0 Å². The number of pyridine rings is 1. The average Bonchev–Trinajstić information content (AvgIpc) is 3.01. The summed E-state index contributed by atoms with van der Waals surface area (Å²) in [7, 11) is 1.78. The van der Waals surface area contributed by atoms with Crippen LogP contribution in [0.2, 0.25) is 5.02 Å². The van der Waals surface area contributed by atoms with Crippen LogP contribution >= 0.6 is 11.6 Å². The van der Waals surface area contributed by atoms with Gasteiger partial charge in [-0.15, -0.1) is 0 Å². The average molecular weight is 358 g/mol. The topological polar surface area (TPSA) is 53.5 Å². The standard InChI is InChI=1S/C19H20ClN3O2/c1-22(10-8-16-6-2-3-9-21-16)19(25)14-11-18(24)23(13-14)17-7-4-5-15(20)12-17/h2-7,9,12,14H,8,10-11,13H2,1H3. The highest BCUT2D eigenvalue weighted by atomic mass is 35.5. The van der Waals surface area contributed by atoms with Crippen molar-refractivity contribution in [2.45, 2.75) is 12.8 Å². The van der Waals surface area contributed by atoms with E-state index in [1.807, 2.05) is 24.3 Å². The Hall–Kier alpha value is -2.40. The Morgan fingerprint density at radius 1 is 1.32 bits per heavy atom. The molecule has 6 heteroatoms. The summed E-state index contributed by atoms with van der Waals surface area (Å²) in [4.78, 5) is 32.6. The summed E-state index contributed by atoms with van der Waals surface area (Å²) in [6.07, 6.45) is 2.68.